The Balaban J connectivity index is 1.65. The molecular weight excluding hydrogens is 283 g/mol. The molecule has 3 atom stereocenters. The molecular formula is C14H12F3N3O. The molecule has 2 bridgehead atoms. The van der Waals surface area contributed by atoms with E-state index in [1.54, 1.807) is 0 Å². The van der Waals surface area contributed by atoms with Gasteiger partial charge in [0, 0.05) is 17.6 Å². The number of nitrogens with one attached hydrogen (secondary N) is 1. The number of halogens is 3. The molecule has 4 nitrogen and oxygen atoms in total. The van der Waals surface area contributed by atoms with Crippen molar-refractivity contribution in [2.45, 2.75) is 37.3 Å². The van der Waals surface area contributed by atoms with Crippen molar-refractivity contribution in [3.63, 3.8) is 0 Å². The molecule has 3 heterocycles. The largest absolute Gasteiger partial charge is 0.339 e. The van der Waals surface area contributed by atoms with Crippen molar-refractivity contribution in [3.8, 4) is 11.4 Å². The van der Waals surface area contributed by atoms with Gasteiger partial charge in [-0.05, 0) is 31.4 Å². The van der Waals surface area contributed by atoms with Gasteiger partial charge in [0.15, 0.2) is 17.5 Å². The van der Waals surface area contributed by atoms with Gasteiger partial charge in [-0.1, -0.05) is 5.16 Å². The lowest BCUT2D eigenvalue weighted by Gasteiger charge is -2.15. The minimum atomic E-state index is -1.50. The van der Waals surface area contributed by atoms with Crippen LogP contribution in [0.2, 0.25) is 0 Å². The normalized spacial score (nSPS) is 27.5. The molecule has 3 unspecified atom stereocenters. The van der Waals surface area contributed by atoms with Crippen molar-refractivity contribution in [1.29, 1.82) is 0 Å². The van der Waals surface area contributed by atoms with E-state index in [1.807, 2.05) is 0 Å². The summed E-state index contributed by atoms with van der Waals surface area (Å²) in [7, 11) is 0. The molecule has 21 heavy (non-hydrogen) atoms. The van der Waals surface area contributed by atoms with Gasteiger partial charge < -0.3 is 9.84 Å². The molecule has 0 amide bonds. The van der Waals surface area contributed by atoms with Gasteiger partial charge in [0.1, 0.15) is 0 Å². The smallest absolute Gasteiger partial charge is 0.231 e. The maximum atomic E-state index is 13.2. The summed E-state index contributed by atoms with van der Waals surface area (Å²) in [5.74, 6) is -3.35. The van der Waals surface area contributed by atoms with Crippen molar-refractivity contribution < 1.29 is 17.7 Å². The van der Waals surface area contributed by atoms with Gasteiger partial charge in [-0.15, -0.1) is 0 Å². The van der Waals surface area contributed by atoms with E-state index < -0.39 is 17.5 Å². The summed E-state index contributed by atoms with van der Waals surface area (Å²) in [6.07, 6.45) is 3.14. The second-order valence-electron chi connectivity index (χ2n) is 5.60. The van der Waals surface area contributed by atoms with Crippen molar-refractivity contribution in [1.82, 2.24) is 15.5 Å². The first kappa shape index (κ1) is 12.8. The summed E-state index contributed by atoms with van der Waals surface area (Å²) in [6, 6.07) is 2.54. The number of hydrogen-bond donors (Lipinski definition) is 1. The molecule has 4 rings (SSSR count). The molecule has 1 aromatic heterocycles. The monoisotopic (exact) mass is 295 g/mol. The zero-order valence-corrected chi connectivity index (χ0v) is 10.9. The number of aromatic nitrogens is 2. The SMILES string of the molecule is Fc1cc(-c2noc(C3CC4CCC3N4)n2)cc(F)c1F. The lowest BCUT2D eigenvalue weighted by molar-refractivity contribution is 0.329. The summed E-state index contributed by atoms with van der Waals surface area (Å²) in [5, 5.41) is 7.21. The quantitative estimate of drug-likeness (QED) is 0.866. The highest BCUT2D eigenvalue weighted by molar-refractivity contribution is 5.54. The minimum absolute atomic E-state index is 0.0671. The Hall–Kier alpha value is -1.89. The second-order valence-corrected chi connectivity index (χ2v) is 5.60. The fourth-order valence-electron chi connectivity index (χ4n) is 3.28. The third-order valence-electron chi connectivity index (χ3n) is 4.30. The maximum Gasteiger partial charge on any atom is 0.231 e. The van der Waals surface area contributed by atoms with Gasteiger partial charge in [-0.2, -0.15) is 4.98 Å². The fourth-order valence-corrected chi connectivity index (χ4v) is 3.28. The van der Waals surface area contributed by atoms with Crippen LogP contribution in [-0.4, -0.2) is 22.2 Å². The van der Waals surface area contributed by atoms with Crippen LogP contribution in [-0.2, 0) is 0 Å². The van der Waals surface area contributed by atoms with E-state index in [0.29, 0.717) is 18.0 Å². The Kier molecular flexibility index (Phi) is 2.78. The molecule has 2 aromatic rings. The molecule has 110 valence electrons. The molecule has 1 N–H and O–H groups in total. The zero-order valence-electron chi connectivity index (χ0n) is 10.9. The van der Waals surface area contributed by atoms with E-state index in [1.165, 1.54) is 0 Å². The van der Waals surface area contributed by atoms with E-state index in [2.05, 4.69) is 15.5 Å². The molecule has 2 aliphatic heterocycles. The lowest BCUT2D eigenvalue weighted by Crippen LogP contribution is -2.21. The maximum absolute atomic E-state index is 13.2. The molecule has 2 saturated heterocycles. The molecule has 0 radical (unpaired) electrons. The standard InChI is InChI=1S/C14H12F3N3O/c15-9-3-6(4-10(16)12(9)17)13-19-14(21-20-13)8-5-7-1-2-11(8)18-7/h3-4,7-8,11,18H,1-2,5H2. The highest BCUT2D eigenvalue weighted by Gasteiger charge is 2.42. The van der Waals surface area contributed by atoms with Crippen LogP contribution in [0.15, 0.2) is 16.7 Å². The second kappa shape index (κ2) is 4.56. The number of fused-ring (bicyclic) bond motifs is 2. The van der Waals surface area contributed by atoms with E-state index in [0.717, 1.165) is 31.4 Å². The first-order valence-corrected chi connectivity index (χ1v) is 6.86. The van der Waals surface area contributed by atoms with E-state index in [9.17, 15) is 13.2 Å². The third-order valence-corrected chi connectivity index (χ3v) is 4.30. The first-order valence-electron chi connectivity index (χ1n) is 6.86. The topological polar surface area (TPSA) is 51.0 Å². The van der Waals surface area contributed by atoms with Crippen LogP contribution >= 0.6 is 0 Å². The molecule has 2 fully saturated rings. The molecule has 7 heteroatoms. The van der Waals surface area contributed by atoms with Gasteiger partial charge in [-0.25, -0.2) is 13.2 Å². The highest BCUT2D eigenvalue weighted by atomic mass is 19.2. The van der Waals surface area contributed by atoms with Crippen LogP contribution < -0.4 is 5.32 Å². The summed E-state index contributed by atoms with van der Waals surface area (Å²) >= 11 is 0. The minimum Gasteiger partial charge on any atom is -0.339 e. The van der Waals surface area contributed by atoms with Gasteiger partial charge in [0.05, 0.1) is 5.92 Å². The van der Waals surface area contributed by atoms with Crippen LogP contribution in [0.25, 0.3) is 11.4 Å². The van der Waals surface area contributed by atoms with Crippen molar-refractivity contribution in [2.75, 3.05) is 0 Å². The molecule has 0 spiro atoms. The summed E-state index contributed by atoms with van der Waals surface area (Å²) < 4.78 is 44.7. The average molecular weight is 295 g/mol. The van der Waals surface area contributed by atoms with Gasteiger partial charge in [0.25, 0.3) is 0 Å². The predicted molar refractivity (Wildman–Crippen MR) is 66.9 cm³/mol. The van der Waals surface area contributed by atoms with Gasteiger partial charge in [-0.3, -0.25) is 0 Å². The Morgan fingerprint density at radius 2 is 1.90 bits per heavy atom. The van der Waals surface area contributed by atoms with Crippen LogP contribution in [0.3, 0.4) is 0 Å². The van der Waals surface area contributed by atoms with Crippen molar-refractivity contribution in [2.24, 2.45) is 0 Å². The van der Waals surface area contributed by atoms with Crippen molar-refractivity contribution >= 4 is 0 Å². The highest BCUT2D eigenvalue weighted by Crippen LogP contribution is 2.39. The van der Waals surface area contributed by atoms with E-state index in [-0.39, 0.29) is 17.3 Å². The number of hydrogen-bond acceptors (Lipinski definition) is 4. The predicted octanol–water partition coefficient (Wildman–Crippen LogP) is 2.76. The van der Waals surface area contributed by atoms with Crippen LogP contribution in [0, 0.1) is 17.5 Å². The van der Waals surface area contributed by atoms with Crippen molar-refractivity contribution in [3.05, 3.63) is 35.5 Å². The summed E-state index contributed by atoms with van der Waals surface area (Å²) in [4.78, 5) is 4.22. The number of benzene rings is 1. The van der Waals surface area contributed by atoms with Gasteiger partial charge in [0.2, 0.25) is 11.7 Å². The molecule has 2 aliphatic rings. The van der Waals surface area contributed by atoms with Gasteiger partial charge >= 0.3 is 0 Å². The Labute approximate surface area is 118 Å². The Morgan fingerprint density at radius 1 is 1.14 bits per heavy atom. The van der Waals surface area contributed by atoms with Crippen LogP contribution in [0.4, 0.5) is 13.2 Å². The molecule has 0 saturated carbocycles. The Morgan fingerprint density at radius 3 is 2.52 bits per heavy atom. The van der Waals surface area contributed by atoms with E-state index in [4.69, 9.17) is 4.52 Å². The lowest BCUT2D eigenvalue weighted by atomic mass is 9.89. The average Bonchev–Trinajstić information content (AvgIpc) is 3.18. The van der Waals surface area contributed by atoms with Crippen LogP contribution in [0.5, 0.6) is 0 Å². The molecule has 1 aromatic carbocycles. The van der Waals surface area contributed by atoms with E-state index >= 15 is 0 Å². The first-order chi connectivity index (χ1) is 10.1. The third kappa shape index (κ3) is 2.03. The summed E-state index contributed by atoms with van der Waals surface area (Å²) in [5.41, 5.74) is 0.0671. The van der Waals surface area contributed by atoms with Crippen LogP contribution in [0.1, 0.15) is 31.1 Å². The Bertz CT molecular complexity index is 680. The number of rotatable bonds is 2. The number of nitrogens with zero attached hydrogens (tertiary/aromatic N) is 2. The molecule has 0 aliphatic carbocycles. The fraction of sp³-hybridized carbons (Fsp3) is 0.429. The zero-order chi connectivity index (χ0) is 14.6. The summed E-state index contributed by atoms with van der Waals surface area (Å²) in [6.45, 7) is 0.